The lowest BCUT2D eigenvalue weighted by molar-refractivity contribution is -0.130. The van der Waals surface area contributed by atoms with Crippen LogP contribution in [0.3, 0.4) is 0 Å². The van der Waals surface area contributed by atoms with E-state index in [0.717, 1.165) is 12.8 Å². The molecule has 0 saturated carbocycles. The van der Waals surface area contributed by atoms with Crippen molar-refractivity contribution in [3.8, 4) is 0 Å². The van der Waals surface area contributed by atoms with Gasteiger partial charge in [0.25, 0.3) is 0 Å². The molecule has 1 aliphatic heterocycles. The highest BCUT2D eigenvalue weighted by Crippen LogP contribution is 2.27. The van der Waals surface area contributed by atoms with Crippen molar-refractivity contribution in [2.24, 2.45) is 0 Å². The number of carbonyl (C=O) groups is 3. The molecule has 2 N–H and O–H groups in total. The monoisotopic (exact) mass is 441 g/mol. The van der Waals surface area contributed by atoms with Gasteiger partial charge in [-0.15, -0.1) is 0 Å². The molecule has 32 heavy (non-hydrogen) atoms. The Balaban J connectivity index is 1.78. The van der Waals surface area contributed by atoms with Crippen LogP contribution in [0.15, 0.2) is 24.3 Å². The number of unbranched alkanes of at least 4 members (excludes halogenated alkanes) is 1. The third-order valence-corrected chi connectivity index (χ3v) is 5.62. The van der Waals surface area contributed by atoms with Crippen LogP contribution < -0.4 is 10.2 Å². The Bertz CT molecular complexity index is 999. The van der Waals surface area contributed by atoms with E-state index in [2.05, 4.69) is 15.2 Å². The first-order valence-electron chi connectivity index (χ1n) is 10.9. The standard InChI is InChI=1S/C23H31N5O4/c1-4-5-6-21(29)24-16-7-8-19-17(13-16)18(23(31)32)14-20(25-19)28-11-9-27(10-12-28)15-22(30)26(2)3/h7-8,13-14H,4-6,9-12,15H2,1-3H3,(H,24,29)(H,31,32). The maximum absolute atomic E-state index is 12.0. The number of pyridine rings is 1. The first-order chi connectivity index (χ1) is 15.3. The molecule has 1 fully saturated rings. The Morgan fingerprint density at radius 2 is 1.84 bits per heavy atom. The Morgan fingerprint density at radius 3 is 2.47 bits per heavy atom. The van der Waals surface area contributed by atoms with Crippen LogP contribution in [0.25, 0.3) is 10.9 Å². The van der Waals surface area contributed by atoms with Crippen molar-refractivity contribution >= 4 is 40.2 Å². The van der Waals surface area contributed by atoms with E-state index in [1.807, 2.05) is 11.8 Å². The van der Waals surface area contributed by atoms with E-state index in [4.69, 9.17) is 0 Å². The van der Waals surface area contributed by atoms with Crippen LogP contribution in [0.1, 0.15) is 36.5 Å². The van der Waals surface area contributed by atoms with Gasteiger partial charge in [-0.05, 0) is 30.7 Å². The van der Waals surface area contributed by atoms with Crippen LogP contribution in [0, 0.1) is 0 Å². The maximum atomic E-state index is 12.0. The summed E-state index contributed by atoms with van der Waals surface area (Å²) in [5.74, 6) is -0.456. The van der Waals surface area contributed by atoms with E-state index in [9.17, 15) is 19.5 Å². The van der Waals surface area contributed by atoms with Gasteiger partial charge in [-0.25, -0.2) is 9.78 Å². The van der Waals surface area contributed by atoms with E-state index < -0.39 is 5.97 Å². The van der Waals surface area contributed by atoms with Crippen LogP contribution in [-0.4, -0.2) is 84.5 Å². The smallest absolute Gasteiger partial charge is 0.336 e. The van der Waals surface area contributed by atoms with Gasteiger partial charge >= 0.3 is 5.97 Å². The summed E-state index contributed by atoms with van der Waals surface area (Å²) < 4.78 is 0. The first-order valence-corrected chi connectivity index (χ1v) is 10.9. The number of nitrogens with one attached hydrogen (secondary N) is 1. The number of benzene rings is 1. The fourth-order valence-electron chi connectivity index (χ4n) is 3.66. The van der Waals surface area contributed by atoms with Crippen LogP contribution in [0.2, 0.25) is 0 Å². The van der Waals surface area contributed by atoms with E-state index in [-0.39, 0.29) is 17.4 Å². The number of nitrogens with zero attached hydrogens (tertiary/aromatic N) is 4. The molecule has 2 heterocycles. The van der Waals surface area contributed by atoms with Crippen molar-refractivity contribution in [3.05, 3.63) is 29.8 Å². The second-order valence-electron chi connectivity index (χ2n) is 8.27. The first kappa shape index (κ1) is 23.5. The van der Waals surface area contributed by atoms with Crippen molar-refractivity contribution < 1.29 is 19.5 Å². The highest BCUT2D eigenvalue weighted by Gasteiger charge is 2.22. The minimum absolute atomic E-state index is 0.0630. The molecule has 1 aliphatic rings. The summed E-state index contributed by atoms with van der Waals surface area (Å²) in [6.45, 7) is 5.11. The summed E-state index contributed by atoms with van der Waals surface area (Å²) in [5, 5.41) is 13.1. The zero-order valence-corrected chi connectivity index (χ0v) is 18.9. The Labute approximate surface area is 188 Å². The molecule has 0 bridgehead atoms. The van der Waals surface area contributed by atoms with E-state index >= 15 is 0 Å². The summed E-state index contributed by atoms with van der Waals surface area (Å²) in [6.07, 6.45) is 2.17. The van der Waals surface area contributed by atoms with E-state index in [1.165, 1.54) is 0 Å². The van der Waals surface area contributed by atoms with Crippen LogP contribution in [0.5, 0.6) is 0 Å². The molecule has 9 nitrogen and oxygen atoms in total. The molecule has 3 rings (SSSR count). The topological polar surface area (TPSA) is 106 Å². The molecule has 1 aromatic carbocycles. The lowest BCUT2D eigenvalue weighted by Gasteiger charge is -2.35. The normalized spacial score (nSPS) is 14.4. The third kappa shape index (κ3) is 5.73. The number of fused-ring (bicyclic) bond motifs is 1. The molecule has 0 radical (unpaired) electrons. The Kier molecular flexibility index (Phi) is 7.63. The minimum Gasteiger partial charge on any atom is -0.478 e. The van der Waals surface area contributed by atoms with Crippen molar-refractivity contribution in [1.82, 2.24) is 14.8 Å². The van der Waals surface area contributed by atoms with Crippen molar-refractivity contribution in [3.63, 3.8) is 0 Å². The second-order valence-corrected chi connectivity index (χ2v) is 8.27. The van der Waals surface area contributed by atoms with Crippen molar-refractivity contribution in [2.45, 2.75) is 26.2 Å². The predicted octanol–water partition coefficient (Wildman–Crippen LogP) is 2.27. The number of carboxylic acid groups (broad SMARTS) is 1. The Hall–Kier alpha value is -3.20. The highest BCUT2D eigenvalue weighted by molar-refractivity contribution is 6.05. The van der Waals surface area contributed by atoms with E-state index in [1.54, 1.807) is 43.3 Å². The molecule has 0 aliphatic carbocycles. The zero-order valence-electron chi connectivity index (χ0n) is 18.9. The van der Waals surface area contributed by atoms with Crippen LogP contribution in [0.4, 0.5) is 11.5 Å². The number of hydrogen-bond acceptors (Lipinski definition) is 6. The third-order valence-electron chi connectivity index (χ3n) is 5.62. The maximum Gasteiger partial charge on any atom is 0.336 e. The van der Waals surface area contributed by atoms with Gasteiger partial charge in [0.2, 0.25) is 11.8 Å². The van der Waals surface area contributed by atoms with E-state index in [0.29, 0.717) is 61.6 Å². The number of rotatable bonds is 8. The van der Waals surface area contributed by atoms with Gasteiger partial charge in [0.1, 0.15) is 5.82 Å². The molecule has 0 atom stereocenters. The molecule has 172 valence electrons. The minimum atomic E-state index is -1.04. The lowest BCUT2D eigenvalue weighted by Crippen LogP contribution is -2.49. The fraction of sp³-hybridized carbons (Fsp3) is 0.478. The highest BCUT2D eigenvalue weighted by atomic mass is 16.4. The van der Waals surface area contributed by atoms with Crippen molar-refractivity contribution in [2.75, 3.05) is 57.0 Å². The molecular weight excluding hydrogens is 410 g/mol. The average Bonchev–Trinajstić information content (AvgIpc) is 2.77. The van der Waals surface area contributed by atoms with Gasteiger partial charge < -0.3 is 20.2 Å². The van der Waals surface area contributed by atoms with Crippen LogP contribution >= 0.6 is 0 Å². The molecule has 9 heteroatoms. The van der Waals surface area contributed by atoms with Crippen LogP contribution in [-0.2, 0) is 9.59 Å². The molecule has 2 aromatic rings. The van der Waals surface area contributed by atoms with Gasteiger partial charge in [-0.1, -0.05) is 13.3 Å². The zero-order chi connectivity index (χ0) is 23.3. The van der Waals surface area contributed by atoms with Gasteiger partial charge in [-0.3, -0.25) is 14.5 Å². The average molecular weight is 442 g/mol. The second kappa shape index (κ2) is 10.4. The number of carbonyl (C=O) groups excluding carboxylic acids is 2. The van der Waals surface area contributed by atoms with Crippen molar-refractivity contribution in [1.29, 1.82) is 0 Å². The summed E-state index contributed by atoms with van der Waals surface area (Å²) in [5.41, 5.74) is 1.28. The number of likely N-dealkylation sites (N-methyl/N-ethyl adjacent to an activating group) is 1. The molecule has 2 amide bonds. The number of anilines is 2. The lowest BCUT2D eigenvalue weighted by atomic mass is 10.1. The SMILES string of the molecule is CCCCC(=O)Nc1ccc2nc(N3CCN(CC(=O)N(C)C)CC3)cc(C(=O)O)c2c1. The quantitative estimate of drug-likeness (QED) is 0.647. The van der Waals surface area contributed by atoms with Gasteiger partial charge in [0.05, 0.1) is 17.6 Å². The molecule has 0 unspecified atom stereocenters. The summed E-state index contributed by atoms with van der Waals surface area (Å²) in [7, 11) is 3.49. The Morgan fingerprint density at radius 1 is 1.12 bits per heavy atom. The van der Waals surface area contributed by atoms with Gasteiger partial charge in [0.15, 0.2) is 0 Å². The summed E-state index contributed by atoms with van der Waals surface area (Å²) in [6, 6.07) is 6.75. The number of amides is 2. The summed E-state index contributed by atoms with van der Waals surface area (Å²) in [4.78, 5) is 46.4. The molecule has 1 aromatic heterocycles. The van der Waals surface area contributed by atoms with Gasteiger partial charge in [-0.2, -0.15) is 0 Å². The largest absolute Gasteiger partial charge is 0.478 e. The van der Waals surface area contributed by atoms with Gasteiger partial charge in [0, 0.05) is 57.8 Å². The number of aromatic nitrogens is 1. The number of piperazine rings is 1. The fourth-order valence-corrected chi connectivity index (χ4v) is 3.66. The number of carboxylic acids is 1. The number of hydrogen-bond donors (Lipinski definition) is 2. The molecular formula is C23H31N5O4. The molecule has 1 saturated heterocycles. The molecule has 0 spiro atoms. The number of aromatic carboxylic acids is 1. The predicted molar refractivity (Wildman–Crippen MR) is 124 cm³/mol. The summed E-state index contributed by atoms with van der Waals surface area (Å²) >= 11 is 0.